The van der Waals surface area contributed by atoms with E-state index < -0.39 is 17.2 Å². The summed E-state index contributed by atoms with van der Waals surface area (Å²) in [6.45, 7) is -0.310. The van der Waals surface area contributed by atoms with E-state index in [-0.39, 0.29) is 24.8 Å². The SMILES string of the molecule is O=C1N(Cc2ncccc2C(F)(F)F)c2ccccc2[C@]12COc1cc3c(cc12)OC=CO3. The van der Waals surface area contributed by atoms with E-state index in [4.69, 9.17) is 14.2 Å². The number of carbonyl (C=O) groups excluding carboxylic acids is 1. The second-order valence-electron chi connectivity index (χ2n) is 7.90. The molecule has 6 rings (SSSR count). The highest BCUT2D eigenvalue weighted by atomic mass is 19.4. The van der Waals surface area contributed by atoms with Crippen molar-refractivity contribution in [2.24, 2.45) is 0 Å². The lowest BCUT2D eigenvalue weighted by molar-refractivity contribution is -0.138. The van der Waals surface area contributed by atoms with Crippen LogP contribution in [0.15, 0.2) is 67.3 Å². The lowest BCUT2D eigenvalue weighted by atomic mass is 9.77. The number of hydrogen-bond donors (Lipinski definition) is 0. The molecule has 2 aromatic carbocycles. The Kier molecular flexibility index (Phi) is 4.02. The molecule has 1 atom stereocenters. The van der Waals surface area contributed by atoms with Crippen LogP contribution in [0.1, 0.15) is 22.4 Å². The van der Waals surface area contributed by atoms with Crippen LogP contribution in [0.3, 0.4) is 0 Å². The minimum atomic E-state index is -4.59. The number of halogens is 3. The Balaban J connectivity index is 1.48. The van der Waals surface area contributed by atoms with Crippen molar-refractivity contribution in [1.82, 2.24) is 4.98 Å². The van der Waals surface area contributed by atoms with E-state index in [1.54, 1.807) is 36.4 Å². The zero-order chi connectivity index (χ0) is 22.8. The quantitative estimate of drug-likeness (QED) is 0.570. The Morgan fingerprint density at radius 2 is 1.73 bits per heavy atom. The van der Waals surface area contributed by atoms with Crippen LogP contribution in [0.25, 0.3) is 0 Å². The van der Waals surface area contributed by atoms with Crippen LogP contribution in [-0.2, 0) is 22.9 Å². The Morgan fingerprint density at radius 1 is 0.970 bits per heavy atom. The van der Waals surface area contributed by atoms with E-state index in [2.05, 4.69) is 4.98 Å². The molecule has 0 aliphatic carbocycles. The average Bonchev–Trinajstić information content (AvgIpc) is 3.29. The first-order valence-corrected chi connectivity index (χ1v) is 10.1. The monoisotopic (exact) mass is 452 g/mol. The normalized spacial score (nSPS) is 20.1. The predicted octanol–water partition coefficient (Wildman–Crippen LogP) is 4.57. The van der Waals surface area contributed by atoms with Crippen molar-refractivity contribution in [3.63, 3.8) is 0 Å². The lowest BCUT2D eigenvalue weighted by Crippen LogP contribution is -2.42. The van der Waals surface area contributed by atoms with Crippen molar-refractivity contribution in [1.29, 1.82) is 0 Å². The lowest BCUT2D eigenvalue weighted by Gasteiger charge is -2.24. The first-order chi connectivity index (χ1) is 15.9. The summed E-state index contributed by atoms with van der Waals surface area (Å²) in [4.78, 5) is 19.2. The van der Waals surface area contributed by atoms with E-state index >= 15 is 0 Å². The molecule has 0 saturated carbocycles. The fourth-order valence-corrected chi connectivity index (χ4v) is 4.70. The summed E-state index contributed by atoms with van der Waals surface area (Å²) in [5, 5.41) is 0. The first kappa shape index (κ1) is 19.7. The van der Waals surface area contributed by atoms with Crippen molar-refractivity contribution >= 4 is 11.6 Å². The van der Waals surface area contributed by atoms with Crippen molar-refractivity contribution < 1.29 is 32.2 Å². The maximum absolute atomic E-state index is 13.9. The maximum atomic E-state index is 13.9. The van der Waals surface area contributed by atoms with Crippen molar-refractivity contribution in [3.05, 3.63) is 89.6 Å². The summed E-state index contributed by atoms with van der Waals surface area (Å²) in [7, 11) is 0. The van der Waals surface area contributed by atoms with Crippen LogP contribution < -0.4 is 19.1 Å². The zero-order valence-electron chi connectivity index (χ0n) is 16.9. The molecule has 6 nitrogen and oxygen atoms in total. The second-order valence-corrected chi connectivity index (χ2v) is 7.90. The number of rotatable bonds is 2. The molecule has 33 heavy (non-hydrogen) atoms. The highest BCUT2D eigenvalue weighted by Gasteiger charge is 2.57. The number of ether oxygens (including phenoxy) is 3. The number of fused-ring (bicyclic) bond motifs is 5. The van der Waals surface area contributed by atoms with E-state index in [1.807, 2.05) is 0 Å². The number of alkyl halides is 3. The Labute approximate surface area is 185 Å². The van der Waals surface area contributed by atoms with E-state index in [9.17, 15) is 18.0 Å². The molecule has 0 N–H and O–H groups in total. The highest BCUT2D eigenvalue weighted by Crippen LogP contribution is 2.55. The van der Waals surface area contributed by atoms with Crippen molar-refractivity contribution in [2.45, 2.75) is 18.1 Å². The van der Waals surface area contributed by atoms with Gasteiger partial charge in [-0.2, -0.15) is 13.2 Å². The van der Waals surface area contributed by atoms with Crippen LogP contribution in [0, 0.1) is 0 Å². The Hall–Kier alpha value is -4.01. The van der Waals surface area contributed by atoms with Gasteiger partial charge in [0.05, 0.1) is 17.8 Å². The highest BCUT2D eigenvalue weighted by molar-refractivity contribution is 6.11. The smallest absolute Gasteiger partial charge is 0.418 e. The number of amides is 1. The van der Waals surface area contributed by atoms with Crippen LogP contribution in [0.4, 0.5) is 18.9 Å². The molecule has 0 fully saturated rings. The summed E-state index contributed by atoms with van der Waals surface area (Å²) in [6.07, 6.45) is -0.523. The van der Waals surface area contributed by atoms with E-state index in [0.29, 0.717) is 34.1 Å². The molecule has 0 radical (unpaired) electrons. The summed E-state index contributed by atoms with van der Waals surface area (Å²) < 4.78 is 57.6. The molecule has 1 amide bonds. The van der Waals surface area contributed by atoms with Gasteiger partial charge in [0.15, 0.2) is 11.5 Å². The summed E-state index contributed by atoms with van der Waals surface area (Å²) >= 11 is 0. The minimum Gasteiger partial charge on any atom is -0.491 e. The van der Waals surface area contributed by atoms with Crippen LogP contribution in [0.2, 0.25) is 0 Å². The topological polar surface area (TPSA) is 60.9 Å². The molecule has 3 aliphatic rings. The minimum absolute atomic E-state index is 0.0132. The van der Waals surface area contributed by atoms with Crippen molar-refractivity contribution in [2.75, 3.05) is 11.5 Å². The molecule has 1 spiro atoms. The van der Waals surface area contributed by atoms with Gasteiger partial charge >= 0.3 is 6.18 Å². The van der Waals surface area contributed by atoms with Gasteiger partial charge in [0.2, 0.25) is 5.91 Å². The number of anilines is 1. The number of benzene rings is 2. The van der Waals surface area contributed by atoms with Gasteiger partial charge in [0.25, 0.3) is 0 Å². The Morgan fingerprint density at radius 3 is 2.52 bits per heavy atom. The maximum Gasteiger partial charge on any atom is 0.418 e. The molecule has 1 aromatic heterocycles. The van der Waals surface area contributed by atoms with Crippen LogP contribution >= 0.6 is 0 Å². The summed E-state index contributed by atoms with van der Waals surface area (Å²) in [5.74, 6) is 0.959. The second kappa shape index (κ2) is 6.74. The zero-order valence-corrected chi connectivity index (χ0v) is 16.9. The van der Waals surface area contributed by atoms with Gasteiger partial charge in [-0.1, -0.05) is 18.2 Å². The molecule has 3 aromatic rings. The van der Waals surface area contributed by atoms with Gasteiger partial charge < -0.3 is 19.1 Å². The van der Waals surface area contributed by atoms with Gasteiger partial charge in [-0.15, -0.1) is 0 Å². The van der Waals surface area contributed by atoms with Gasteiger partial charge in [0.1, 0.15) is 30.3 Å². The molecule has 0 unspecified atom stereocenters. The molecule has 0 saturated heterocycles. The predicted molar refractivity (Wildman–Crippen MR) is 110 cm³/mol. The van der Waals surface area contributed by atoms with E-state index in [0.717, 1.165) is 6.07 Å². The fraction of sp³-hybridized carbons (Fsp3) is 0.167. The number of carbonyl (C=O) groups is 1. The van der Waals surface area contributed by atoms with Crippen molar-refractivity contribution in [3.8, 4) is 17.2 Å². The third kappa shape index (κ3) is 2.75. The molecule has 0 bridgehead atoms. The third-order valence-corrected chi connectivity index (χ3v) is 6.16. The van der Waals surface area contributed by atoms with E-state index in [1.165, 1.54) is 29.7 Å². The van der Waals surface area contributed by atoms with Gasteiger partial charge in [-0.3, -0.25) is 9.78 Å². The van der Waals surface area contributed by atoms with Gasteiger partial charge in [0, 0.05) is 23.5 Å². The number of aromatic nitrogens is 1. The molecule has 4 heterocycles. The van der Waals surface area contributed by atoms with Crippen LogP contribution in [-0.4, -0.2) is 17.5 Å². The molecule has 166 valence electrons. The largest absolute Gasteiger partial charge is 0.491 e. The molecule has 3 aliphatic heterocycles. The molecular formula is C24H15F3N2O4. The number of pyridine rings is 1. The number of nitrogens with zero attached hydrogens (tertiary/aromatic N) is 2. The summed E-state index contributed by atoms with van der Waals surface area (Å²) in [5.41, 5.74) is -0.545. The number of para-hydroxylation sites is 1. The first-order valence-electron chi connectivity index (χ1n) is 10.1. The molecular weight excluding hydrogens is 437 g/mol. The van der Waals surface area contributed by atoms with Crippen LogP contribution in [0.5, 0.6) is 17.2 Å². The fourth-order valence-electron chi connectivity index (χ4n) is 4.70. The number of hydrogen-bond acceptors (Lipinski definition) is 5. The molecule has 9 heteroatoms. The van der Waals surface area contributed by atoms with Gasteiger partial charge in [-0.05, 0) is 29.8 Å². The Bertz CT molecular complexity index is 1340. The van der Waals surface area contributed by atoms with Gasteiger partial charge in [-0.25, -0.2) is 0 Å². The third-order valence-electron chi connectivity index (χ3n) is 6.16. The summed E-state index contributed by atoms with van der Waals surface area (Å²) in [6, 6.07) is 12.6. The standard InChI is InChI=1S/C24H15F3N2O4/c25-24(26,27)14-5-3-7-28-17(14)12-29-18-6-2-1-4-15(18)23(22(29)30)13-33-19-11-21-20(10-16(19)23)31-8-9-32-21/h1-11H,12-13H2/t23-/m0/s1. The average molecular weight is 452 g/mol.